The number of rotatable bonds is 7. The van der Waals surface area contributed by atoms with Crippen molar-refractivity contribution >= 4 is 46.1 Å². The van der Waals surface area contributed by atoms with E-state index in [1.54, 1.807) is 17.0 Å². The van der Waals surface area contributed by atoms with Gasteiger partial charge in [0.05, 0.1) is 22.8 Å². The maximum Gasteiger partial charge on any atom is 0.267 e. The van der Waals surface area contributed by atoms with E-state index in [0.29, 0.717) is 27.9 Å². The van der Waals surface area contributed by atoms with Crippen molar-refractivity contribution < 1.29 is 9.59 Å². The van der Waals surface area contributed by atoms with Crippen molar-refractivity contribution in [2.75, 3.05) is 11.9 Å². The van der Waals surface area contributed by atoms with Crippen molar-refractivity contribution in [3.63, 3.8) is 0 Å². The molecule has 0 aromatic heterocycles. The van der Waals surface area contributed by atoms with E-state index in [4.69, 9.17) is 4.99 Å². The van der Waals surface area contributed by atoms with Crippen LogP contribution in [0.5, 0.6) is 0 Å². The van der Waals surface area contributed by atoms with E-state index in [1.807, 2.05) is 79.7 Å². The Hall–Kier alpha value is -3.64. The highest BCUT2D eigenvalue weighted by atomic mass is 32.2. The van der Waals surface area contributed by atoms with Crippen LogP contribution in [-0.2, 0) is 11.3 Å². The Morgan fingerprint density at radius 1 is 1.03 bits per heavy atom. The molecule has 4 rings (SSSR count). The van der Waals surface area contributed by atoms with Gasteiger partial charge in [0.25, 0.3) is 5.91 Å². The number of Topliss-reactive ketones (excluding diaryl/α,β-unsaturated/α-hetero) is 1. The molecule has 0 aliphatic carbocycles. The Labute approximate surface area is 198 Å². The number of thioether (sulfide) groups is 1. The fraction of sp³-hybridized carbons (Fsp3) is 0.148. The van der Waals surface area contributed by atoms with Crippen LogP contribution in [0, 0.1) is 0 Å². The molecule has 33 heavy (non-hydrogen) atoms. The minimum atomic E-state index is -0.0841. The quantitative estimate of drug-likeness (QED) is 0.344. The van der Waals surface area contributed by atoms with Crippen LogP contribution < -0.4 is 5.32 Å². The number of nitrogens with zero attached hydrogens (tertiary/aromatic N) is 2. The highest BCUT2D eigenvalue weighted by Crippen LogP contribution is 2.37. The summed E-state index contributed by atoms with van der Waals surface area (Å²) in [6.45, 7) is 4.68. The number of hydrogen-bond acceptors (Lipinski definition) is 5. The molecule has 1 amide bonds. The largest absolute Gasteiger partial charge is 0.384 e. The molecular weight excluding hydrogens is 430 g/mol. The average molecular weight is 456 g/mol. The number of hydrogen-bond donors (Lipinski definition) is 1. The Morgan fingerprint density at radius 3 is 2.39 bits per heavy atom. The summed E-state index contributed by atoms with van der Waals surface area (Å²) in [6, 6.07) is 25.1. The number of amidine groups is 1. The molecule has 1 saturated heterocycles. The number of benzene rings is 3. The van der Waals surface area contributed by atoms with Gasteiger partial charge in [-0.05, 0) is 61.0 Å². The summed E-state index contributed by atoms with van der Waals surface area (Å²) in [7, 11) is 0. The second-order valence-corrected chi connectivity index (χ2v) is 8.62. The Morgan fingerprint density at radius 2 is 1.73 bits per heavy atom. The first-order chi connectivity index (χ1) is 16.0. The molecule has 0 unspecified atom stereocenters. The molecular formula is C27H25N3O2S. The van der Waals surface area contributed by atoms with Crippen LogP contribution in [0.3, 0.4) is 0 Å². The maximum absolute atomic E-state index is 13.4. The number of carbonyl (C=O) groups excluding carboxylic acids is 2. The standard InChI is InChI=1S/C27H25N3O2S/c1-3-28-23-15-14-22(19(2)31)17-24(23)29-27-30(18-21-12-8-5-9-13-21)26(32)25(33-27)16-20-10-6-4-7-11-20/h4-17,28H,3,18H2,1-2H3/b25-16?,29-27-. The second kappa shape index (κ2) is 10.3. The molecule has 0 bridgehead atoms. The predicted molar refractivity (Wildman–Crippen MR) is 137 cm³/mol. The van der Waals surface area contributed by atoms with Gasteiger partial charge in [-0.25, -0.2) is 4.99 Å². The summed E-state index contributed by atoms with van der Waals surface area (Å²) < 4.78 is 0. The smallest absolute Gasteiger partial charge is 0.267 e. The van der Waals surface area contributed by atoms with Crippen LogP contribution in [0.1, 0.15) is 35.3 Å². The highest BCUT2D eigenvalue weighted by molar-refractivity contribution is 8.18. The number of carbonyl (C=O) groups is 2. The Balaban J connectivity index is 1.77. The van der Waals surface area contributed by atoms with E-state index in [1.165, 1.54) is 18.7 Å². The lowest BCUT2D eigenvalue weighted by atomic mass is 10.1. The van der Waals surface area contributed by atoms with Crippen molar-refractivity contribution in [1.82, 2.24) is 4.90 Å². The van der Waals surface area contributed by atoms with Crippen molar-refractivity contribution in [1.29, 1.82) is 0 Å². The normalized spacial score (nSPS) is 15.9. The number of ketones is 1. The molecule has 3 aromatic carbocycles. The van der Waals surface area contributed by atoms with E-state index >= 15 is 0 Å². The van der Waals surface area contributed by atoms with Crippen LogP contribution in [0.2, 0.25) is 0 Å². The first-order valence-electron chi connectivity index (χ1n) is 10.8. The van der Waals surface area contributed by atoms with Gasteiger partial charge < -0.3 is 5.32 Å². The third-order valence-corrected chi connectivity index (χ3v) is 6.16. The van der Waals surface area contributed by atoms with Gasteiger partial charge in [0, 0.05) is 12.1 Å². The Bertz CT molecular complexity index is 1220. The summed E-state index contributed by atoms with van der Waals surface area (Å²) in [5, 5.41) is 3.89. The molecule has 1 N–H and O–H groups in total. The third kappa shape index (κ3) is 5.41. The van der Waals surface area contributed by atoms with Gasteiger partial charge in [-0.3, -0.25) is 14.5 Å². The highest BCUT2D eigenvalue weighted by Gasteiger charge is 2.33. The molecule has 5 nitrogen and oxygen atoms in total. The monoisotopic (exact) mass is 455 g/mol. The third-order valence-electron chi connectivity index (χ3n) is 5.16. The zero-order valence-electron chi connectivity index (χ0n) is 18.6. The minimum absolute atomic E-state index is 0.0274. The first kappa shape index (κ1) is 22.6. The van der Waals surface area contributed by atoms with Crippen LogP contribution in [0.4, 0.5) is 11.4 Å². The molecule has 1 aliphatic rings. The molecule has 0 atom stereocenters. The molecule has 1 heterocycles. The van der Waals surface area contributed by atoms with Crippen molar-refractivity contribution in [3.8, 4) is 0 Å². The number of nitrogens with one attached hydrogen (secondary N) is 1. The molecule has 1 aliphatic heterocycles. The molecule has 1 fully saturated rings. The van der Waals surface area contributed by atoms with E-state index in [9.17, 15) is 9.59 Å². The van der Waals surface area contributed by atoms with Gasteiger partial charge in [0.1, 0.15) is 0 Å². The average Bonchev–Trinajstić information content (AvgIpc) is 3.10. The lowest BCUT2D eigenvalue weighted by Crippen LogP contribution is -2.28. The lowest BCUT2D eigenvalue weighted by molar-refractivity contribution is -0.122. The number of amides is 1. The zero-order chi connectivity index (χ0) is 23.2. The molecule has 6 heteroatoms. The molecule has 3 aromatic rings. The van der Waals surface area contributed by atoms with Gasteiger partial charge in [0.2, 0.25) is 0 Å². The van der Waals surface area contributed by atoms with Gasteiger partial charge >= 0.3 is 0 Å². The van der Waals surface area contributed by atoms with Crippen LogP contribution in [0.25, 0.3) is 6.08 Å². The summed E-state index contributed by atoms with van der Waals surface area (Å²) in [4.78, 5) is 32.5. The summed E-state index contributed by atoms with van der Waals surface area (Å²) in [6.07, 6.45) is 1.89. The number of anilines is 1. The van der Waals surface area contributed by atoms with Crippen LogP contribution in [0.15, 0.2) is 88.8 Å². The fourth-order valence-electron chi connectivity index (χ4n) is 3.48. The zero-order valence-corrected chi connectivity index (χ0v) is 19.4. The molecule has 0 saturated carbocycles. The topological polar surface area (TPSA) is 61.8 Å². The van der Waals surface area contributed by atoms with E-state index in [0.717, 1.165) is 23.4 Å². The van der Waals surface area contributed by atoms with E-state index in [-0.39, 0.29) is 11.7 Å². The summed E-state index contributed by atoms with van der Waals surface area (Å²) in [5.74, 6) is -0.111. The molecule has 0 spiro atoms. The SMILES string of the molecule is CCNc1ccc(C(C)=O)cc1/N=C1\SC(=Cc2ccccc2)C(=O)N1Cc1ccccc1. The van der Waals surface area contributed by atoms with E-state index < -0.39 is 0 Å². The van der Waals surface area contributed by atoms with Crippen LogP contribution in [-0.4, -0.2) is 28.3 Å². The first-order valence-corrected chi connectivity index (χ1v) is 11.6. The van der Waals surface area contributed by atoms with Gasteiger partial charge in [-0.15, -0.1) is 0 Å². The predicted octanol–water partition coefficient (Wildman–Crippen LogP) is 6.13. The van der Waals surface area contributed by atoms with Crippen molar-refractivity contribution in [2.24, 2.45) is 4.99 Å². The lowest BCUT2D eigenvalue weighted by Gasteiger charge is -2.16. The van der Waals surface area contributed by atoms with Crippen molar-refractivity contribution in [3.05, 3.63) is 100 Å². The van der Waals surface area contributed by atoms with Crippen LogP contribution >= 0.6 is 11.8 Å². The Kier molecular flexibility index (Phi) is 7.05. The number of aliphatic imine (C=N–C) groups is 1. The summed E-state index contributed by atoms with van der Waals surface area (Å²) >= 11 is 1.35. The molecule has 0 radical (unpaired) electrons. The second-order valence-electron chi connectivity index (χ2n) is 7.61. The summed E-state index contributed by atoms with van der Waals surface area (Å²) in [5.41, 5.74) is 4.02. The maximum atomic E-state index is 13.4. The van der Waals surface area contributed by atoms with Gasteiger partial charge in [0.15, 0.2) is 11.0 Å². The van der Waals surface area contributed by atoms with E-state index in [2.05, 4.69) is 5.32 Å². The van der Waals surface area contributed by atoms with Crippen molar-refractivity contribution in [2.45, 2.75) is 20.4 Å². The van der Waals surface area contributed by atoms with Gasteiger partial charge in [-0.2, -0.15) is 0 Å². The van der Waals surface area contributed by atoms with Gasteiger partial charge in [-0.1, -0.05) is 60.7 Å². The minimum Gasteiger partial charge on any atom is -0.384 e. The fourth-order valence-corrected chi connectivity index (χ4v) is 4.47. The molecule has 166 valence electrons.